The Bertz CT molecular complexity index is 847. The number of rotatable bonds is 6. The molecule has 1 aliphatic heterocycles. The summed E-state index contributed by atoms with van der Waals surface area (Å²) in [5, 5.41) is 2.71. The van der Waals surface area contributed by atoms with E-state index < -0.39 is 25.0 Å². The molecule has 1 aromatic carbocycles. The van der Waals surface area contributed by atoms with E-state index in [0.29, 0.717) is 5.69 Å². The third-order valence-electron chi connectivity index (χ3n) is 5.89. The number of esters is 1. The van der Waals surface area contributed by atoms with Gasteiger partial charge in [0.2, 0.25) is 11.8 Å². The Kier molecular flexibility index (Phi) is 4.75. The van der Waals surface area contributed by atoms with E-state index in [4.69, 9.17) is 4.74 Å². The Labute approximate surface area is 162 Å². The molecule has 1 N–H and O–H groups in total. The molecule has 1 saturated heterocycles. The minimum Gasteiger partial charge on any atom is -0.454 e. The summed E-state index contributed by atoms with van der Waals surface area (Å²) in [6, 6.07) is 7.38. The molecule has 7 heteroatoms. The normalized spacial score (nSPS) is 27.2. The Morgan fingerprint density at radius 1 is 1.11 bits per heavy atom. The van der Waals surface area contributed by atoms with Crippen molar-refractivity contribution >= 4 is 29.4 Å². The van der Waals surface area contributed by atoms with E-state index in [9.17, 15) is 19.2 Å². The molecule has 1 saturated carbocycles. The Balaban J connectivity index is 1.30. The summed E-state index contributed by atoms with van der Waals surface area (Å²) in [7, 11) is 0. The van der Waals surface area contributed by atoms with Crippen molar-refractivity contribution in [1.82, 2.24) is 4.90 Å². The summed E-state index contributed by atoms with van der Waals surface area (Å²) < 4.78 is 4.99. The molecule has 2 bridgehead atoms. The van der Waals surface area contributed by atoms with Crippen LogP contribution in [0.4, 0.5) is 5.69 Å². The number of carbonyl (C=O) groups excluding carboxylic acids is 4. The number of aryl methyl sites for hydroxylation is 1. The molecule has 1 aromatic rings. The van der Waals surface area contributed by atoms with Crippen molar-refractivity contribution in [2.75, 3.05) is 18.5 Å². The second kappa shape index (κ2) is 7.22. The van der Waals surface area contributed by atoms with Crippen LogP contribution in [0.25, 0.3) is 0 Å². The molecule has 0 aromatic heterocycles. The van der Waals surface area contributed by atoms with Gasteiger partial charge in [-0.2, -0.15) is 0 Å². The Morgan fingerprint density at radius 2 is 1.75 bits per heavy atom. The van der Waals surface area contributed by atoms with E-state index in [0.717, 1.165) is 23.3 Å². The number of hydrogen-bond acceptors (Lipinski definition) is 5. The van der Waals surface area contributed by atoms with Gasteiger partial charge in [-0.1, -0.05) is 37.3 Å². The standard InChI is InChI=1S/C21H22N2O5/c1-2-12-5-3-4-6-15(12)22-16(24)11-28-17(25)10-23-20(26)18-13-7-8-14(9-13)19(18)21(23)27/h3-8,13-14,18-19H,2,9-11H2,1H3,(H,22,24)/t13-,14+,18-,19+. The van der Waals surface area contributed by atoms with Gasteiger partial charge in [0.15, 0.2) is 6.61 Å². The maximum absolute atomic E-state index is 12.6. The van der Waals surface area contributed by atoms with Crippen molar-refractivity contribution < 1.29 is 23.9 Å². The van der Waals surface area contributed by atoms with Crippen LogP contribution in [0.5, 0.6) is 0 Å². The molecule has 4 atom stereocenters. The topological polar surface area (TPSA) is 92.8 Å². The van der Waals surface area contributed by atoms with Crippen molar-refractivity contribution in [2.45, 2.75) is 19.8 Å². The molecule has 3 aliphatic rings. The zero-order valence-corrected chi connectivity index (χ0v) is 15.6. The van der Waals surface area contributed by atoms with Crippen molar-refractivity contribution in [3.8, 4) is 0 Å². The van der Waals surface area contributed by atoms with E-state index in [2.05, 4.69) is 5.32 Å². The average Bonchev–Trinajstić information content (AvgIpc) is 3.37. The van der Waals surface area contributed by atoms with E-state index >= 15 is 0 Å². The maximum Gasteiger partial charge on any atom is 0.326 e. The third-order valence-corrected chi connectivity index (χ3v) is 5.89. The third kappa shape index (κ3) is 3.10. The predicted molar refractivity (Wildman–Crippen MR) is 99.8 cm³/mol. The van der Waals surface area contributed by atoms with E-state index in [-0.39, 0.29) is 35.5 Å². The first-order chi connectivity index (χ1) is 13.5. The maximum atomic E-state index is 12.6. The van der Waals surface area contributed by atoms with Gasteiger partial charge >= 0.3 is 5.97 Å². The fraction of sp³-hybridized carbons (Fsp3) is 0.429. The summed E-state index contributed by atoms with van der Waals surface area (Å²) in [5.74, 6) is -2.33. The van der Waals surface area contributed by atoms with Gasteiger partial charge in [-0.05, 0) is 36.3 Å². The number of likely N-dealkylation sites (tertiary alicyclic amines) is 1. The summed E-state index contributed by atoms with van der Waals surface area (Å²) in [6.45, 7) is 1.07. The lowest BCUT2D eigenvalue weighted by molar-refractivity contribution is -0.154. The number of amides is 3. The number of imide groups is 1. The van der Waals surface area contributed by atoms with Crippen molar-refractivity contribution in [2.24, 2.45) is 23.7 Å². The minimum absolute atomic E-state index is 0.0943. The van der Waals surface area contributed by atoms with E-state index in [1.54, 1.807) is 6.07 Å². The van der Waals surface area contributed by atoms with Gasteiger partial charge in [0, 0.05) is 5.69 Å². The first kappa shape index (κ1) is 18.4. The Morgan fingerprint density at radius 3 is 2.39 bits per heavy atom. The lowest BCUT2D eigenvalue weighted by Crippen LogP contribution is -2.38. The number of anilines is 1. The number of benzene rings is 1. The highest BCUT2D eigenvalue weighted by Gasteiger charge is 2.59. The second-order valence-electron chi connectivity index (χ2n) is 7.48. The summed E-state index contributed by atoms with van der Waals surface area (Å²) >= 11 is 0. The second-order valence-corrected chi connectivity index (χ2v) is 7.48. The lowest BCUT2D eigenvalue weighted by Gasteiger charge is -2.16. The number of carbonyl (C=O) groups is 4. The van der Waals surface area contributed by atoms with Crippen LogP contribution >= 0.6 is 0 Å². The van der Waals surface area contributed by atoms with Crippen LogP contribution in [0, 0.1) is 23.7 Å². The van der Waals surface area contributed by atoms with Gasteiger partial charge in [0.25, 0.3) is 5.91 Å². The summed E-state index contributed by atoms with van der Waals surface area (Å²) in [5.41, 5.74) is 1.65. The van der Waals surface area contributed by atoms with Gasteiger partial charge in [-0.3, -0.25) is 24.1 Å². The zero-order chi connectivity index (χ0) is 19.8. The largest absolute Gasteiger partial charge is 0.454 e. The highest BCUT2D eigenvalue weighted by atomic mass is 16.5. The quantitative estimate of drug-likeness (QED) is 0.458. The molecular weight excluding hydrogens is 360 g/mol. The van der Waals surface area contributed by atoms with E-state index in [1.807, 2.05) is 37.3 Å². The van der Waals surface area contributed by atoms with Crippen molar-refractivity contribution in [3.63, 3.8) is 0 Å². The molecule has 3 amide bonds. The van der Waals surface area contributed by atoms with Gasteiger partial charge in [-0.15, -0.1) is 0 Å². The molecule has 1 heterocycles. The molecule has 7 nitrogen and oxygen atoms in total. The van der Waals surface area contributed by atoms with Crippen LogP contribution in [0.15, 0.2) is 36.4 Å². The molecule has 146 valence electrons. The number of nitrogens with one attached hydrogen (secondary N) is 1. The number of hydrogen-bond donors (Lipinski definition) is 1. The van der Waals surface area contributed by atoms with Crippen LogP contribution in [0.3, 0.4) is 0 Å². The summed E-state index contributed by atoms with van der Waals surface area (Å²) in [6.07, 6.45) is 5.59. The monoisotopic (exact) mass is 382 g/mol. The van der Waals surface area contributed by atoms with Gasteiger partial charge in [0.1, 0.15) is 6.54 Å². The average molecular weight is 382 g/mol. The van der Waals surface area contributed by atoms with Gasteiger partial charge in [-0.25, -0.2) is 0 Å². The van der Waals surface area contributed by atoms with Crippen molar-refractivity contribution in [3.05, 3.63) is 42.0 Å². The van der Waals surface area contributed by atoms with Crippen LogP contribution in [-0.2, 0) is 30.3 Å². The number of allylic oxidation sites excluding steroid dienone is 2. The molecule has 0 spiro atoms. The smallest absolute Gasteiger partial charge is 0.326 e. The van der Waals surface area contributed by atoms with Gasteiger partial charge in [0.05, 0.1) is 11.8 Å². The SMILES string of the molecule is CCc1ccccc1NC(=O)COC(=O)CN1C(=O)[C@@H]2[C@H](C1=O)[C@@H]1C=C[C@H]2C1. The molecular formula is C21H22N2O5. The predicted octanol–water partition coefficient (Wildman–Crippen LogP) is 1.54. The van der Waals surface area contributed by atoms with Crippen LogP contribution < -0.4 is 5.32 Å². The lowest BCUT2D eigenvalue weighted by atomic mass is 9.85. The molecule has 2 fully saturated rings. The van der Waals surface area contributed by atoms with Crippen LogP contribution in [0.2, 0.25) is 0 Å². The fourth-order valence-electron chi connectivity index (χ4n) is 4.58. The van der Waals surface area contributed by atoms with Gasteiger partial charge < -0.3 is 10.1 Å². The molecule has 4 rings (SSSR count). The zero-order valence-electron chi connectivity index (χ0n) is 15.6. The molecule has 0 radical (unpaired) electrons. The number of ether oxygens (including phenoxy) is 1. The fourth-order valence-corrected chi connectivity index (χ4v) is 4.58. The van der Waals surface area contributed by atoms with E-state index in [1.165, 1.54) is 0 Å². The van der Waals surface area contributed by atoms with Crippen molar-refractivity contribution in [1.29, 1.82) is 0 Å². The molecule has 0 unspecified atom stereocenters. The molecule has 28 heavy (non-hydrogen) atoms. The highest BCUT2D eigenvalue weighted by molar-refractivity contribution is 6.08. The first-order valence-corrected chi connectivity index (χ1v) is 9.56. The number of nitrogens with zero attached hydrogens (tertiary/aromatic N) is 1. The minimum atomic E-state index is -0.763. The number of fused-ring (bicyclic) bond motifs is 5. The van der Waals surface area contributed by atoms with Crippen LogP contribution in [0.1, 0.15) is 18.9 Å². The molecule has 2 aliphatic carbocycles. The highest BCUT2D eigenvalue weighted by Crippen LogP contribution is 2.52. The Hall–Kier alpha value is -2.96. The number of para-hydroxylation sites is 1. The first-order valence-electron chi connectivity index (χ1n) is 9.56. The van der Waals surface area contributed by atoms with Crippen LogP contribution in [-0.4, -0.2) is 41.7 Å². The summed E-state index contributed by atoms with van der Waals surface area (Å²) in [4.78, 5) is 50.3.